The summed E-state index contributed by atoms with van der Waals surface area (Å²) in [6, 6.07) is 29.0. The summed E-state index contributed by atoms with van der Waals surface area (Å²) in [6.45, 7) is 3.59. The van der Waals surface area contributed by atoms with Gasteiger partial charge in [-0.2, -0.15) is 10.2 Å². The number of amides is 6. The van der Waals surface area contributed by atoms with Crippen LogP contribution in [0.5, 0.6) is 11.5 Å². The Hall–Kier alpha value is -7.05. The Kier molecular flexibility index (Phi) is 19.4. The molecule has 1 radical (unpaired) electrons. The van der Waals surface area contributed by atoms with E-state index < -0.39 is 17.9 Å². The Morgan fingerprint density at radius 3 is 1.12 bits per heavy atom. The molecule has 22 heteroatoms. The van der Waals surface area contributed by atoms with Crippen LogP contribution >= 0.6 is 24.0 Å². The number of nitrogens with two attached hydrogens (primary N) is 2. The first-order chi connectivity index (χ1) is 35.2. The number of hydrogen-bond acceptors (Lipinski definition) is 12. The van der Waals surface area contributed by atoms with Crippen molar-refractivity contribution in [1.82, 2.24) is 19.6 Å². The van der Waals surface area contributed by atoms with Crippen LogP contribution in [0.1, 0.15) is 98.5 Å². The number of carbonyl (C=O) groups excluding carboxylic acids is 6. The Morgan fingerprint density at radius 2 is 0.840 bits per heavy atom. The van der Waals surface area contributed by atoms with Gasteiger partial charge in [-0.15, -0.1) is 24.0 Å². The smallest absolute Gasteiger partial charge is 0.277 e. The fourth-order valence-corrected chi connectivity index (χ4v) is 9.21. The first-order valence-corrected chi connectivity index (χ1v) is 24.1. The molecule has 0 bridgehead atoms. The van der Waals surface area contributed by atoms with Gasteiger partial charge in [0.2, 0.25) is 11.8 Å². The van der Waals surface area contributed by atoms with Gasteiger partial charge in [-0.3, -0.25) is 28.8 Å². The van der Waals surface area contributed by atoms with Crippen molar-refractivity contribution in [2.75, 3.05) is 66.6 Å². The Bertz CT molecular complexity index is 2820. The molecule has 20 nitrogen and oxygen atoms in total. The average molecular weight is 1170 g/mol. The number of ether oxygens (including phenoxy) is 2. The van der Waals surface area contributed by atoms with E-state index in [1.54, 1.807) is 82.4 Å². The molecule has 2 fully saturated rings. The molecular weight excluding hydrogens is 1110 g/mol. The predicted molar refractivity (Wildman–Crippen MR) is 288 cm³/mol. The van der Waals surface area contributed by atoms with Gasteiger partial charge in [0.25, 0.3) is 23.6 Å². The number of halogens is 1. The van der Waals surface area contributed by atoms with Gasteiger partial charge in [0.15, 0.2) is 11.4 Å². The van der Waals surface area contributed by atoms with E-state index in [9.17, 15) is 28.8 Å². The summed E-state index contributed by atoms with van der Waals surface area (Å²) in [5, 5.41) is 24.8. The zero-order chi connectivity index (χ0) is 51.9. The van der Waals surface area contributed by atoms with Gasteiger partial charge in [0.1, 0.15) is 22.9 Å². The van der Waals surface area contributed by atoms with Gasteiger partial charge in [-0.05, 0) is 143 Å². The van der Waals surface area contributed by atoms with Crippen LogP contribution in [0.25, 0.3) is 11.4 Å². The minimum atomic E-state index is -0.666. The van der Waals surface area contributed by atoms with Gasteiger partial charge in [0, 0.05) is 91.5 Å². The van der Waals surface area contributed by atoms with E-state index in [0.29, 0.717) is 109 Å². The number of fused-ring (bicyclic) bond motifs is 2. The number of aliphatic hydroxyl groups is 2. The number of methoxy groups -OCH3 is 2. The molecule has 0 saturated carbocycles. The number of aromatic nitrogens is 4. The maximum atomic E-state index is 13.6. The van der Waals surface area contributed by atoms with Crippen molar-refractivity contribution in [1.29, 1.82) is 0 Å². The van der Waals surface area contributed by atoms with E-state index in [-0.39, 0.29) is 84.2 Å². The van der Waals surface area contributed by atoms with E-state index in [0.717, 1.165) is 37.1 Å². The standard InChI is InChI=1S/2C25H25N5O4.C3H8O2.HI.V/c2*1-34-19-11-9-18(10-12-19)30-23-20(22(27-30)24(26)32)13-15-29(25(23)33)17-7-5-16(6-8-17)28-14-3-2-4-21(28)31;1-3(5)2-4;;/h2*5-12H,2-4,13-15H2,1H3,(H2,26,32);3-5H,2H2,1H3;1H;. The number of hydrogen-bond donors (Lipinski definition) is 4. The van der Waals surface area contributed by atoms with Crippen molar-refractivity contribution in [2.45, 2.75) is 64.4 Å². The average Bonchev–Trinajstić information content (AvgIpc) is 4.01. The molecule has 10 rings (SSSR count). The summed E-state index contributed by atoms with van der Waals surface area (Å²) in [7, 11) is 3.15. The van der Waals surface area contributed by atoms with Gasteiger partial charge < -0.3 is 50.8 Å². The summed E-state index contributed by atoms with van der Waals surface area (Å²) >= 11 is 0. The van der Waals surface area contributed by atoms with Crippen LogP contribution in [-0.4, -0.2) is 118 Å². The van der Waals surface area contributed by atoms with Crippen molar-refractivity contribution in [3.05, 3.63) is 131 Å². The fourth-order valence-electron chi connectivity index (χ4n) is 9.21. The first-order valence-electron chi connectivity index (χ1n) is 24.1. The second-order valence-corrected chi connectivity index (χ2v) is 17.8. The maximum absolute atomic E-state index is 13.6. The van der Waals surface area contributed by atoms with Crippen molar-refractivity contribution < 1.29 is 67.0 Å². The van der Waals surface area contributed by atoms with Gasteiger partial charge in [0.05, 0.1) is 38.3 Å². The van der Waals surface area contributed by atoms with E-state index in [4.69, 9.17) is 31.2 Å². The van der Waals surface area contributed by atoms with Crippen molar-refractivity contribution in [3.63, 3.8) is 0 Å². The second-order valence-electron chi connectivity index (χ2n) is 17.8. The number of aliphatic hydroxyl groups excluding tert-OH is 2. The normalized spacial score (nSPS) is 15.4. The number of anilines is 4. The third-order valence-electron chi connectivity index (χ3n) is 13.0. The predicted octanol–water partition coefficient (Wildman–Crippen LogP) is 5.37. The van der Waals surface area contributed by atoms with Crippen LogP contribution in [0.15, 0.2) is 97.1 Å². The van der Waals surface area contributed by atoms with Crippen LogP contribution in [0.4, 0.5) is 22.7 Å². The molecule has 1 unspecified atom stereocenters. The van der Waals surface area contributed by atoms with Gasteiger partial charge in [-0.1, -0.05) is 0 Å². The molecule has 393 valence electrons. The molecule has 6 N–H and O–H groups in total. The molecule has 0 aliphatic carbocycles. The molecule has 2 saturated heterocycles. The maximum Gasteiger partial charge on any atom is 0.277 e. The van der Waals surface area contributed by atoms with Crippen LogP contribution in [-0.2, 0) is 41.0 Å². The van der Waals surface area contributed by atoms with Crippen molar-refractivity contribution in [3.8, 4) is 22.9 Å². The zero-order valence-corrected chi connectivity index (χ0v) is 45.5. The molecule has 1 atom stereocenters. The number of benzene rings is 4. The monoisotopic (exact) mass is 1170 g/mol. The Morgan fingerprint density at radius 1 is 0.533 bits per heavy atom. The van der Waals surface area contributed by atoms with Crippen LogP contribution in [0, 0.1) is 0 Å². The number of rotatable bonds is 11. The second kappa shape index (κ2) is 25.5. The van der Waals surface area contributed by atoms with Gasteiger partial charge in [-0.25, -0.2) is 9.36 Å². The minimum absolute atomic E-state index is 0. The topological polar surface area (TPSA) is 262 Å². The fraction of sp³-hybridized carbons (Fsp3) is 0.321. The molecule has 6 amide bonds. The van der Waals surface area contributed by atoms with E-state index in [1.165, 1.54) is 16.3 Å². The molecule has 6 aromatic rings. The molecule has 4 aliphatic rings. The van der Waals surface area contributed by atoms with Crippen LogP contribution in [0.2, 0.25) is 0 Å². The van der Waals surface area contributed by atoms with E-state index in [1.807, 2.05) is 48.5 Å². The largest absolute Gasteiger partial charge is 0.497 e. The molecule has 6 heterocycles. The first kappa shape index (κ1) is 57.2. The van der Waals surface area contributed by atoms with E-state index >= 15 is 0 Å². The third kappa shape index (κ3) is 12.4. The number of nitrogens with zero attached hydrogens (tertiary/aromatic N) is 8. The molecular formula is C53H59IN10O10V. The minimum Gasteiger partial charge on any atom is -0.497 e. The summed E-state index contributed by atoms with van der Waals surface area (Å²) in [5.74, 6) is -0.279. The van der Waals surface area contributed by atoms with Gasteiger partial charge >= 0.3 is 0 Å². The summed E-state index contributed by atoms with van der Waals surface area (Å²) in [5.41, 5.74) is 17.5. The molecule has 75 heavy (non-hydrogen) atoms. The number of piperidine rings is 2. The zero-order valence-electron chi connectivity index (χ0n) is 41.8. The number of primary amides is 2. The van der Waals surface area contributed by atoms with Crippen LogP contribution < -0.4 is 40.5 Å². The molecule has 0 spiro atoms. The summed E-state index contributed by atoms with van der Waals surface area (Å²) in [6.07, 6.45) is 5.27. The number of carbonyl (C=O) groups is 6. The molecule has 4 aliphatic heterocycles. The quantitative estimate of drug-likeness (QED) is 0.119. The third-order valence-corrected chi connectivity index (χ3v) is 13.0. The SMILES string of the molecule is CC(O)CO.COc1ccc(-n2nc(C(N)=O)c3c2C(=O)N(c2ccc(N4CCCCC4=O)cc2)CC3)cc1.COc1ccc(-n2nc(C(N)=O)c3c2C(=O)N(c2ccc(N4CCCCC4=O)cc2)CC3)cc1.I.[V]. The molecule has 4 aromatic carbocycles. The Labute approximate surface area is 462 Å². The van der Waals surface area contributed by atoms with E-state index in [2.05, 4.69) is 10.2 Å². The summed E-state index contributed by atoms with van der Waals surface area (Å²) in [4.78, 5) is 82.8. The van der Waals surface area contributed by atoms with Crippen molar-refractivity contribution in [2.24, 2.45) is 11.5 Å². The Balaban J connectivity index is 0.000000218. The van der Waals surface area contributed by atoms with Crippen molar-refractivity contribution >= 4 is 82.2 Å². The molecule has 2 aromatic heterocycles. The van der Waals surface area contributed by atoms with Crippen LogP contribution in [0.3, 0.4) is 0 Å². The summed E-state index contributed by atoms with van der Waals surface area (Å²) < 4.78 is 13.4.